The lowest BCUT2D eigenvalue weighted by atomic mass is 10.0. The van der Waals surface area contributed by atoms with Crippen molar-refractivity contribution in [3.63, 3.8) is 0 Å². The maximum atomic E-state index is 13.6. The molecule has 1 aliphatic heterocycles. The molecule has 1 fully saturated rings. The van der Waals surface area contributed by atoms with Crippen molar-refractivity contribution < 1.29 is 22.0 Å². The fourth-order valence-corrected chi connectivity index (χ4v) is 4.55. The summed E-state index contributed by atoms with van der Waals surface area (Å²) in [6, 6.07) is 3.55. The third-order valence-electron chi connectivity index (χ3n) is 4.61. The van der Waals surface area contributed by atoms with Crippen LogP contribution in [0.5, 0.6) is 0 Å². The van der Waals surface area contributed by atoms with Gasteiger partial charge in [0.2, 0.25) is 15.9 Å². The smallest absolute Gasteiger partial charge is 0.222 e. The number of halogens is 2. The van der Waals surface area contributed by atoms with E-state index in [1.54, 1.807) is 11.8 Å². The second-order valence-corrected chi connectivity index (χ2v) is 8.21. The zero-order valence-corrected chi connectivity index (χ0v) is 15.4. The fraction of sp³-hybridized carbons (Fsp3) is 0.588. The first-order valence-corrected chi connectivity index (χ1v) is 10.3. The molecule has 140 valence electrons. The first-order chi connectivity index (χ1) is 11.7. The third-order valence-corrected chi connectivity index (χ3v) is 6.02. The molecule has 1 heterocycles. The molecule has 0 unspecified atom stereocenters. The number of benzene rings is 1. The number of hydrogen-bond acceptors (Lipinski definition) is 3. The van der Waals surface area contributed by atoms with Crippen molar-refractivity contribution in [1.29, 1.82) is 0 Å². The number of rotatable bonds is 6. The van der Waals surface area contributed by atoms with E-state index in [4.69, 9.17) is 0 Å². The predicted octanol–water partition coefficient (Wildman–Crippen LogP) is 2.17. The molecule has 1 aliphatic rings. The molecule has 0 atom stereocenters. The van der Waals surface area contributed by atoms with Gasteiger partial charge in [-0.25, -0.2) is 17.2 Å². The summed E-state index contributed by atoms with van der Waals surface area (Å²) in [6.07, 6.45) is 2.38. The molecular weight excluding hydrogens is 350 g/mol. The largest absolute Gasteiger partial charge is 0.343 e. The summed E-state index contributed by atoms with van der Waals surface area (Å²) in [4.78, 5) is 13.9. The van der Waals surface area contributed by atoms with E-state index in [0.29, 0.717) is 32.5 Å². The van der Waals surface area contributed by atoms with E-state index in [9.17, 15) is 22.0 Å². The summed E-state index contributed by atoms with van der Waals surface area (Å²) in [5.41, 5.74) is -0.0695. The van der Waals surface area contributed by atoms with Gasteiger partial charge in [-0.05, 0) is 31.4 Å². The van der Waals surface area contributed by atoms with Gasteiger partial charge in [-0.1, -0.05) is 13.0 Å². The molecule has 0 aliphatic carbocycles. The summed E-state index contributed by atoms with van der Waals surface area (Å²) in [7, 11) is -3.26. The predicted molar refractivity (Wildman–Crippen MR) is 91.5 cm³/mol. The van der Waals surface area contributed by atoms with Gasteiger partial charge in [0, 0.05) is 37.7 Å². The second-order valence-electron chi connectivity index (χ2n) is 6.28. The van der Waals surface area contributed by atoms with Crippen molar-refractivity contribution >= 4 is 15.9 Å². The van der Waals surface area contributed by atoms with Crippen LogP contribution in [-0.4, -0.2) is 55.5 Å². The minimum absolute atomic E-state index is 0.0156. The lowest BCUT2D eigenvalue weighted by Gasteiger charge is -2.37. The highest BCUT2D eigenvalue weighted by Gasteiger charge is 2.30. The number of nitrogens with zero attached hydrogens (tertiary/aromatic N) is 2. The monoisotopic (exact) mass is 374 g/mol. The van der Waals surface area contributed by atoms with Crippen LogP contribution in [0.1, 0.15) is 31.7 Å². The van der Waals surface area contributed by atoms with Gasteiger partial charge in [-0.3, -0.25) is 4.79 Å². The van der Waals surface area contributed by atoms with Crippen molar-refractivity contribution in [3.8, 4) is 0 Å². The van der Waals surface area contributed by atoms with E-state index in [1.165, 1.54) is 28.8 Å². The Kier molecular flexibility index (Phi) is 6.51. The normalized spacial score (nSPS) is 16.4. The molecular formula is C17H24F2N2O3S. The first kappa shape index (κ1) is 19.8. The zero-order chi connectivity index (χ0) is 18.6. The summed E-state index contributed by atoms with van der Waals surface area (Å²) >= 11 is 0. The van der Waals surface area contributed by atoms with Gasteiger partial charge >= 0.3 is 0 Å². The summed E-state index contributed by atoms with van der Waals surface area (Å²) in [6.45, 7) is 3.11. The quantitative estimate of drug-likeness (QED) is 0.767. The van der Waals surface area contributed by atoms with Crippen molar-refractivity contribution in [2.45, 2.75) is 38.6 Å². The molecule has 5 nitrogen and oxygen atoms in total. The van der Waals surface area contributed by atoms with Crippen LogP contribution in [0.2, 0.25) is 0 Å². The number of piperidine rings is 1. The average Bonchev–Trinajstić information content (AvgIpc) is 2.54. The highest BCUT2D eigenvalue weighted by Crippen LogP contribution is 2.20. The molecule has 0 saturated carbocycles. The summed E-state index contributed by atoms with van der Waals surface area (Å²) in [5.74, 6) is -1.44. The van der Waals surface area contributed by atoms with Crippen LogP contribution >= 0.6 is 0 Å². The summed E-state index contributed by atoms with van der Waals surface area (Å²) in [5, 5.41) is 0. The molecule has 25 heavy (non-hydrogen) atoms. The van der Waals surface area contributed by atoms with Gasteiger partial charge in [-0.15, -0.1) is 0 Å². The highest BCUT2D eigenvalue weighted by molar-refractivity contribution is 7.88. The standard InChI is InChI=1S/C17H24F2N2O3S/c1-3-21(25(2,23)24)13-9-11-20(12-10-13)17(22)8-7-14-15(18)5-4-6-16(14)19/h4-6,13H,3,7-12H2,1-2H3. The van der Waals surface area contributed by atoms with Gasteiger partial charge < -0.3 is 4.90 Å². The number of amides is 1. The Balaban J connectivity index is 1.89. The molecule has 0 bridgehead atoms. The molecule has 0 N–H and O–H groups in total. The Hall–Kier alpha value is -1.54. The zero-order valence-electron chi connectivity index (χ0n) is 14.5. The molecule has 0 aromatic heterocycles. The summed E-state index contributed by atoms with van der Waals surface area (Å²) < 4.78 is 52.2. The van der Waals surface area contributed by atoms with E-state index in [-0.39, 0.29) is 30.4 Å². The number of sulfonamides is 1. The second kappa shape index (κ2) is 8.23. The molecule has 8 heteroatoms. The first-order valence-electron chi connectivity index (χ1n) is 8.41. The van der Waals surface area contributed by atoms with Crippen LogP contribution in [0, 0.1) is 11.6 Å². The minimum atomic E-state index is -3.26. The average molecular weight is 374 g/mol. The number of hydrogen-bond donors (Lipinski definition) is 0. The van der Waals surface area contributed by atoms with Gasteiger partial charge in [0.05, 0.1) is 6.26 Å². The lowest BCUT2D eigenvalue weighted by Crippen LogP contribution is -2.48. The Morgan fingerprint density at radius 2 is 1.80 bits per heavy atom. The van der Waals surface area contributed by atoms with E-state index < -0.39 is 21.7 Å². The molecule has 1 saturated heterocycles. The van der Waals surface area contributed by atoms with Crippen LogP contribution < -0.4 is 0 Å². The van der Waals surface area contributed by atoms with E-state index >= 15 is 0 Å². The molecule has 0 radical (unpaired) electrons. The van der Waals surface area contributed by atoms with Crippen molar-refractivity contribution in [2.75, 3.05) is 25.9 Å². The van der Waals surface area contributed by atoms with Gasteiger partial charge in [0.15, 0.2) is 0 Å². The Morgan fingerprint density at radius 1 is 1.24 bits per heavy atom. The van der Waals surface area contributed by atoms with Gasteiger partial charge in [0.25, 0.3) is 0 Å². The topological polar surface area (TPSA) is 57.7 Å². The van der Waals surface area contributed by atoms with E-state index in [2.05, 4.69) is 0 Å². The van der Waals surface area contributed by atoms with Crippen LogP contribution in [0.4, 0.5) is 8.78 Å². The van der Waals surface area contributed by atoms with Crippen molar-refractivity contribution in [3.05, 3.63) is 35.4 Å². The van der Waals surface area contributed by atoms with E-state index in [0.717, 1.165) is 0 Å². The number of carbonyl (C=O) groups excluding carboxylic acids is 1. The Labute approximate surface area is 147 Å². The van der Waals surface area contributed by atoms with Crippen LogP contribution in [0.3, 0.4) is 0 Å². The molecule has 0 spiro atoms. The van der Waals surface area contributed by atoms with Crippen LogP contribution in [-0.2, 0) is 21.2 Å². The van der Waals surface area contributed by atoms with Crippen LogP contribution in [0.15, 0.2) is 18.2 Å². The highest BCUT2D eigenvalue weighted by atomic mass is 32.2. The lowest BCUT2D eigenvalue weighted by molar-refractivity contribution is -0.132. The third kappa shape index (κ3) is 4.98. The Bertz CT molecular complexity index is 696. The fourth-order valence-electron chi connectivity index (χ4n) is 3.33. The minimum Gasteiger partial charge on any atom is -0.343 e. The molecule has 1 aromatic carbocycles. The maximum absolute atomic E-state index is 13.6. The number of likely N-dealkylation sites (tertiary alicyclic amines) is 1. The molecule has 1 amide bonds. The van der Waals surface area contributed by atoms with Crippen molar-refractivity contribution in [2.24, 2.45) is 0 Å². The van der Waals surface area contributed by atoms with E-state index in [1.807, 2.05) is 0 Å². The maximum Gasteiger partial charge on any atom is 0.222 e. The molecule has 1 aromatic rings. The van der Waals surface area contributed by atoms with Crippen LogP contribution in [0.25, 0.3) is 0 Å². The number of carbonyl (C=O) groups is 1. The Morgan fingerprint density at radius 3 is 2.28 bits per heavy atom. The van der Waals surface area contributed by atoms with Gasteiger partial charge in [0.1, 0.15) is 11.6 Å². The molecule has 2 rings (SSSR count). The van der Waals surface area contributed by atoms with Crippen molar-refractivity contribution in [1.82, 2.24) is 9.21 Å². The SMILES string of the molecule is CCN(C1CCN(C(=O)CCc2c(F)cccc2F)CC1)S(C)(=O)=O. The van der Waals surface area contributed by atoms with Gasteiger partial charge in [-0.2, -0.15) is 4.31 Å².